The Hall–Kier alpha value is -2.06. The van der Waals surface area contributed by atoms with Crippen molar-refractivity contribution in [1.29, 1.82) is 5.26 Å². The largest absolute Gasteiger partial charge is 0.490 e. The molecular formula is C17H24N2O3. The summed E-state index contributed by atoms with van der Waals surface area (Å²) >= 11 is 0. The van der Waals surface area contributed by atoms with Crippen molar-refractivity contribution < 1.29 is 14.3 Å². The van der Waals surface area contributed by atoms with Crippen LogP contribution in [0.4, 0.5) is 5.69 Å². The quantitative estimate of drug-likeness (QED) is 0.837. The van der Waals surface area contributed by atoms with Crippen LogP contribution in [-0.4, -0.2) is 24.2 Å². The molecule has 22 heavy (non-hydrogen) atoms. The highest BCUT2D eigenvalue weighted by molar-refractivity contribution is 5.97. The van der Waals surface area contributed by atoms with Crippen LogP contribution in [0.2, 0.25) is 0 Å². The van der Waals surface area contributed by atoms with E-state index in [2.05, 4.69) is 11.4 Å². The number of ether oxygens (including phenoxy) is 2. The van der Waals surface area contributed by atoms with Crippen molar-refractivity contribution in [2.24, 2.45) is 0 Å². The summed E-state index contributed by atoms with van der Waals surface area (Å²) in [6.45, 7) is 9.76. The molecule has 5 heteroatoms. The smallest absolute Gasteiger partial charge is 0.256 e. The van der Waals surface area contributed by atoms with Gasteiger partial charge in [-0.25, -0.2) is 0 Å². The van der Waals surface area contributed by atoms with Crippen molar-refractivity contribution in [1.82, 2.24) is 0 Å². The van der Waals surface area contributed by atoms with Crippen LogP contribution in [0.25, 0.3) is 0 Å². The number of nitrogens with zero attached hydrogens (tertiary/aromatic N) is 1. The van der Waals surface area contributed by atoms with Crippen molar-refractivity contribution in [2.45, 2.75) is 52.7 Å². The van der Waals surface area contributed by atoms with Crippen LogP contribution in [0.3, 0.4) is 0 Å². The topological polar surface area (TPSA) is 71.3 Å². The van der Waals surface area contributed by atoms with Crippen molar-refractivity contribution in [2.75, 3.05) is 11.9 Å². The molecule has 1 aromatic carbocycles. The third kappa shape index (κ3) is 4.47. The molecule has 1 amide bonds. The number of hydrogen-bond donors (Lipinski definition) is 1. The predicted molar refractivity (Wildman–Crippen MR) is 85.9 cm³/mol. The monoisotopic (exact) mass is 304 g/mol. The van der Waals surface area contributed by atoms with Gasteiger partial charge in [-0.1, -0.05) is 6.92 Å². The molecule has 0 aromatic heterocycles. The summed E-state index contributed by atoms with van der Waals surface area (Å²) in [6.07, 6.45) is 0.542. The molecule has 0 radical (unpaired) electrons. The van der Waals surface area contributed by atoms with Crippen LogP contribution in [0.15, 0.2) is 18.2 Å². The number of benzene rings is 1. The van der Waals surface area contributed by atoms with E-state index in [9.17, 15) is 10.1 Å². The molecule has 0 heterocycles. The number of carbonyl (C=O) groups is 1. The number of carbonyl (C=O) groups excluding carboxylic acids is 1. The number of hydrogen-bond acceptors (Lipinski definition) is 4. The highest BCUT2D eigenvalue weighted by Gasteiger charge is 2.31. The Morgan fingerprint density at radius 3 is 2.59 bits per heavy atom. The Kier molecular flexibility index (Phi) is 6.39. The second-order valence-electron chi connectivity index (χ2n) is 5.46. The molecule has 5 nitrogen and oxygen atoms in total. The molecule has 1 rings (SSSR count). The third-order valence-electron chi connectivity index (χ3n) is 3.34. The molecule has 1 N–H and O–H groups in total. The van der Waals surface area contributed by atoms with E-state index in [0.717, 1.165) is 0 Å². The van der Waals surface area contributed by atoms with Gasteiger partial charge in [0.15, 0.2) is 0 Å². The van der Waals surface area contributed by atoms with Gasteiger partial charge in [0.1, 0.15) is 17.4 Å². The molecule has 0 saturated carbocycles. The zero-order chi connectivity index (χ0) is 16.8. The highest BCUT2D eigenvalue weighted by Crippen LogP contribution is 2.25. The fourth-order valence-corrected chi connectivity index (χ4v) is 1.96. The zero-order valence-corrected chi connectivity index (χ0v) is 13.9. The molecule has 0 saturated heterocycles. The lowest BCUT2D eigenvalue weighted by Crippen LogP contribution is -2.42. The molecule has 1 aromatic rings. The van der Waals surface area contributed by atoms with Gasteiger partial charge in [-0.05, 0) is 52.3 Å². The number of nitrogens with one attached hydrogen (secondary N) is 1. The zero-order valence-electron chi connectivity index (χ0n) is 13.9. The van der Waals surface area contributed by atoms with Crippen LogP contribution >= 0.6 is 0 Å². The summed E-state index contributed by atoms with van der Waals surface area (Å²) in [7, 11) is 0. The van der Waals surface area contributed by atoms with Gasteiger partial charge in [0.05, 0.1) is 11.7 Å². The van der Waals surface area contributed by atoms with Crippen LogP contribution < -0.4 is 10.1 Å². The molecule has 0 fully saturated rings. The second-order valence-corrected chi connectivity index (χ2v) is 5.46. The lowest BCUT2D eigenvalue weighted by atomic mass is 10.0. The minimum absolute atomic E-state index is 0.0196. The van der Waals surface area contributed by atoms with E-state index in [1.165, 1.54) is 0 Å². The number of amides is 1. The Labute approximate surface area is 132 Å². The lowest BCUT2D eigenvalue weighted by molar-refractivity contribution is -0.139. The van der Waals surface area contributed by atoms with E-state index in [1.54, 1.807) is 25.1 Å². The maximum atomic E-state index is 12.4. The van der Waals surface area contributed by atoms with Crippen molar-refractivity contribution in [3.63, 3.8) is 0 Å². The summed E-state index contributed by atoms with van der Waals surface area (Å²) < 4.78 is 11.1. The van der Waals surface area contributed by atoms with E-state index >= 15 is 0 Å². The van der Waals surface area contributed by atoms with Gasteiger partial charge in [-0.15, -0.1) is 0 Å². The summed E-state index contributed by atoms with van der Waals surface area (Å²) in [5.41, 5.74) is 0.0624. The minimum atomic E-state index is -0.880. The average molecular weight is 304 g/mol. The van der Waals surface area contributed by atoms with Crippen molar-refractivity contribution >= 4 is 11.6 Å². The van der Waals surface area contributed by atoms with Gasteiger partial charge in [-0.2, -0.15) is 5.26 Å². The Morgan fingerprint density at radius 2 is 2.09 bits per heavy atom. The maximum absolute atomic E-state index is 12.4. The lowest BCUT2D eigenvalue weighted by Gasteiger charge is -2.26. The normalized spacial score (nSPS) is 13.3. The van der Waals surface area contributed by atoms with Crippen molar-refractivity contribution in [3.8, 4) is 11.8 Å². The molecule has 0 unspecified atom stereocenters. The second kappa shape index (κ2) is 7.81. The number of anilines is 1. The molecule has 120 valence electrons. The molecule has 0 spiro atoms. The first-order chi connectivity index (χ1) is 10.4. The molecule has 0 bridgehead atoms. The number of nitriles is 1. The summed E-state index contributed by atoms with van der Waals surface area (Å²) in [5.74, 6) is 0.289. The van der Waals surface area contributed by atoms with Crippen LogP contribution in [-0.2, 0) is 9.53 Å². The van der Waals surface area contributed by atoms with Gasteiger partial charge >= 0.3 is 0 Å². The van der Waals surface area contributed by atoms with Crippen molar-refractivity contribution in [3.05, 3.63) is 23.8 Å². The van der Waals surface area contributed by atoms with E-state index in [-0.39, 0.29) is 12.0 Å². The van der Waals surface area contributed by atoms with Gasteiger partial charge < -0.3 is 14.8 Å². The molecule has 0 aliphatic carbocycles. The van der Waals surface area contributed by atoms with Crippen LogP contribution in [0.1, 0.15) is 46.6 Å². The van der Waals surface area contributed by atoms with Crippen LogP contribution in [0, 0.1) is 11.3 Å². The van der Waals surface area contributed by atoms with E-state index < -0.39 is 5.60 Å². The van der Waals surface area contributed by atoms with Crippen LogP contribution in [0.5, 0.6) is 5.75 Å². The van der Waals surface area contributed by atoms with Gasteiger partial charge in [0.2, 0.25) is 0 Å². The number of rotatable bonds is 7. The standard InChI is InChI=1S/C17H24N2O3/c1-6-17(5,21-7-2)16(20)19-14-8-9-15(22-12(3)4)13(10-14)11-18/h8-10,12H,6-7H2,1-5H3,(H,19,20)/t17-/m0/s1. The molecule has 1 atom stereocenters. The minimum Gasteiger partial charge on any atom is -0.490 e. The fourth-order valence-electron chi connectivity index (χ4n) is 1.96. The SMILES string of the molecule is CCO[C@@](C)(CC)C(=O)Nc1ccc(OC(C)C)c(C#N)c1. The molecule has 0 aliphatic heterocycles. The van der Waals surface area contributed by atoms with E-state index in [4.69, 9.17) is 9.47 Å². The first-order valence-electron chi connectivity index (χ1n) is 7.52. The molecule has 0 aliphatic rings. The average Bonchev–Trinajstić information content (AvgIpc) is 2.48. The Balaban J connectivity index is 2.95. The van der Waals surface area contributed by atoms with E-state index in [0.29, 0.717) is 30.0 Å². The van der Waals surface area contributed by atoms with Gasteiger partial charge in [-0.3, -0.25) is 4.79 Å². The summed E-state index contributed by atoms with van der Waals surface area (Å²) in [6, 6.07) is 7.11. The maximum Gasteiger partial charge on any atom is 0.256 e. The third-order valence-corrected chi connectivity index (χ3v) is 3.34. The molecular weight excluding hydrogens is 280 g/mol. The van der Waals surface area contributed by atoms with Gasteiger partial charge in [0, 0.05) is 12.3 Å². The summed E-state index contributed by atoms with van der Waals surface area (Å²) in [5, 5.41) is 12.0. The first-order valence-corrected chi connectivity index (χ1v) is 7.52. The van der Waals surface area contributed by atoms with Gasteiger partial charge in [0.25, 0.3) is 5.91 Å². The highest BCUT2D eigenvalue weighted by atomic mass is 16.5. The summed E-state index contributed by atoms with van der Waals surface area (Å²) in [4.78, 5) is 12.4. The Morgan fingerprint density at radius 1 is 1.41 bits per heavy atom. The Bertz CT molecular complexity index is 564. The fraction of sp³-hybridized carbons (Fsp3) is 0.529. The van der Waals surface area contributed by atoms with E-state index in [1.807, 2.05) is 27.7 Å². The first kappa shape index (κ1) is 18.0. The predicted octanol–water partition coefficient (Wildman–Crippen LogP) is 3.49.